The van der Waals surface area contributed by atoms with Crippen LogP contribution >= 0.6 is 11.6 Å². The molecule has 1 aromatic rings. The Hall–Kier alpha value is -1.06. The number of hydrogen-bond donors (Lipinski definition) is 2. The quantitative estimate of drug-likeness (QED) is 0.862. The topological polar surface area (TPSA) is 41.1 Å². The number of halogens is 1. The molecule has 92 valence electrons. The van der Waals surface area contributed by atoms with E-state index in [9.17, 15) is 4.79 Å². The molecule has 1 aliphatic heterocycles. The fourth-order valence-corrected chi connectivity index (χ4v) is 2.34. The van der Waals surface area contributed by atoms with Crippen molar-refractivity contribution in [3.63, 3.8) is 0 Å². The van der Waals surface area contributed by atoms with Crippen LogP contribution in [0.1, 0.15) is 12.5 Å². The van der Waals surface area contributed by atoms with Gasteiger partial charge in [-0.05, 0) is 30.2 Å². The molecule has 0 saturated carbocycles. The van der Waals surface area contributed by atoms with E-state index in [2.05, 4.69) is 17.6 Å². The van der Waals surface area contributed by atoms with Gasteiger partial charge in [-0.25, -0.2) is 0 Å². The molecule has 1 aromatic carbocycles. The van der Waals surface area contributed by atoms with Gasteiger partial charge in [0.05, 0.1) is 5.92 Å². The first-order chi connectivity index (χ1) is 8.16. The minimum Gasteiger partial charge on any atom is -0.352 e. The second kappa shape index (κ2) is 5.52. The number of nitrogens with one attached hydrogen (secondary N) is 2. The van der Waals surface area contributed by atoms with E-state index < -0.39 is 0 Å². The van der Waals surface area contributed by atoms with Gasteiger partial charge in [0.25, 0.3) is 0 Å². The van der Waals surface area contributed by atoms with Crippen LogP contribution in [0.5, 0.6) is 0 Å². The molecular formula is C13H17ClN2O. The molecule has 2 unspecified atom stereocenters. The predicted octanol–water partition coefficient (Wildman–Crippen LogP) is 1.81. The van der Waals surface area contributed by atoms with Gasteiger partial charge in [-0.3, -0.25) is 4.79 Å². The summed E-state index contributed by atoms with van der Waals surface area (Å²) in [7, 11) is 0. The second-order valence-electron chi connectivity index (χ2n) is 4.59. The molecule has 2 rings (SSSR count). The lowest BCUT2D eigenvalue weighted by molar-refractivity contribution is -0.125. The largest absolute Gasteiger partial charge is 0.352 e. The van der Waals surface area contributed by atoms with Gasteiger partial charge in [-0.1, -0.05) is 30.7 Å². The summed E-state index contributed by atoms with van der Waals surface area (Å²) in [4.78, 5) is 11.9. The van der Waals surface area contributed by atoms with E-state index in [1.54, 1.807) is 0 Å². The molecule has 3 nitrogen and oxygen atoms in total. The highest BCUT2D eigenvalue weighted by Crippen LogP contribution is 2.16. The molecule has 2 atom stereocenters. The van der Waals surface area contributed by atoms with E-state index >= 15 is 0 Å². The molecule has 0 radical (unpaired) electrons. The van der Waals surface area contributed by atoms with Crippen LogP contribution in [0.3, 0.4) is 0 Å². The summed E-state index contributed by atoms with van der Waals surface area (Å²) in [6.07, 6.45) is 0. The van der Waals surface area contributed by atoms with Crippen molar-refractivity contribution in [1.82, 2.24) is 10.6 Å². The molecule has 0 aromatic heterocycles. The number of rotatable bonds is 3. The first-order valence-corrected chi connectivity index (χ1v) is 6.27. The fourth-order valence-electron chi connectivity index (χ4n) is 2.13. The summed E-state index contributed by atoms with van der Waals surface area (Å²) in [6, 6.07) is 7.56. The Morgan fingerprint density at radius 3 is 3.00 bits per heavy atom. The van der Waals surface area contributed by atoms with Gasteiger partial charge in [0.15, 0.2) is 0 Å². The Balaban J connectivity index is 1.88. The number of amides is 1. The highest BCUT2D eigenvalue weighted by Gasteiger charge is 2.29. The van der Waals surface area contributed by atoms with Crippen molar-refractivity contribution in [1.29, 1.82) is 0 Å². The Kier molecular flexibility index (Phi) is 4.02. The van der Waals surface area contributed by atoms with Crippen molar-refractivity contribution in [2.75, 3.05) is 13.1 Å². The molecule has 1 fully saturated rings. The third-order valence-corrected chi connectivity index (χ3v) is 3.45. The van der Waals surface area contributed by atoms with Crippen LogP contribution in [-0.4, -0.2) is 19.0 Å². The standard InChI is InChI=1S/C13H17ClN2O/c1-9-6-15-8-12(9)13(17)16-7-10-3-2-4-11(14)5-10/h2-5,9,12,15H,6-8H2,1H3,(H,16,17). The highest BCUT2D eigenvalue weighted by molar-refractivity contribution is 6.30. The highest BCUT2D eigenvalue weighted by atomic mass is 35.5. The summed E-state index contributed by atoms with van der Waals surface area (Å²) < 4.78 is 0. The SMILES string of the molecule is CC1CNCC1C(=O)NCc1cccc(Cl)c1. The van der Waals surface area contributed by atoms with Crippen molar-refractivity contribution < 1.29 is 4.79 Å². The Morgan fingerprint density at radius 2 is 2.35 bits per heavy atom. The first kappa shape index (κ1) is 12.4. The molecule has 2 N–H and O–H groups in total. The molecule has 4 heteroatoms. The summed E-state index contributed by atoms with van der Waals surface area (Å²) in [5.41, 5.74) is 1.03. The van der Waals surface area contributed by atoms with Crippen LogP contribution in [0, 0.1) is 11.8 Å². The third kappa shape index (κ3) is 3.20. The number of carbonyl (C=O) groups is 1. The summed E-state index contributed by atoms with van der Waals surface area (Å²) in [5, 5.41) is 6.89. The van der Waals surface area contributed by atoms with E-state index in [1.165, 1.54) is 0 Å². The number of hydrogen-bond acceptors (Lipinski definition) is 2. The molecule has 0 aliphatic carbocycles. The molecule has 0 bridgehead atoms. The average Bonchev–Trinajstić information content (AvgIpc) is 2.72. The maximum absolute atomic E-state index is 11.9. The van der Waals surface area contributed by atoms with Crippen LogP contribution in [0.4, 0.5) is 0 Å². The van der Waals surface area contributed by atoms with Gasteiger partial charge >= 0.3 is 0 Å². The lowest BCUT2D eigenvalue weighted by Crippen LogP contribution is -2.33. The Labute approximate surface area is 107 Å². The zero-order valence-corrected chi connectivity index (χ0v) is 10.6. The zero-order valence-electron chi connectivity index (χ0n) is 9.87. The van der Waals surface area contributed by atoms with Crippen LogP contribution in [0.2, 0.25) is 5.02 Å². The molecule has 1 amide bonds. The van der Waals surface area contributed by atoms with Gasteiger partial charge < -0.3 is 10.6 Å². The van der Waals surface area contributed by atoms with Crippen molar-refractivity contribution in [2.24, 2.45) is 11.8 Å². The summed E-state index contributed by atoms with van der Waals surface area (Å²) in [6.45, 7) is 4.35. The van der Waals surface area contributed by atoms with E-state index in [-0.39, 0.29) is 11.8 Å². The lowest BCUT2D eigenvalue weighted by Gasteiger charge is -2.14. The normalized spacial score (nSPS) is 23.6. The van der Waals surface area contributed by atoms with Crippen molar-refractivity contribution >= 4 is 17.5 Å². The third-order valence-electron chi connectivity index (χ3n) is 3.21. The average molecular weight is 253 g/mol. The Bertz CT molecular complexity index is 408. The minimum atomic E-state index is 0.0918. The van der Waals surface area contributed by atoms with E-state index in [4.69, 9.17) is 11.6 Å². The van der Waals surface area contributed by atoms with Crippen LogP contribution in [-0.2, 0) is 11.3 Å². The van der Waals surface area contributed by atoms with Gasteiger partial charge in [0, 0.05) is 18.1 Å². The maximum Gasteiger partial charge on any atom is 0.224 e. The molecule has 1 saturated heterocycles. The van der Waals surface area contributed by atoms with Crippen LogP contribution in [0.25, 0.3) is 0 Å². The van der Waals surface area contributed by atoms with Gasteiger partial charge in [0.2, 0.25) is 5.91 Å². The molecular weight excluding hydrogens is 236 g/mol. The minimum absolute atomic E-state index is 0.0918. The van der Waals surface area contributed by atoms with Gasteiger partial charge in [-0.15, -0.1) is 0 Å². The smallest absolute Gasteiger partial charge is 0.224 e. The van der Waals surface area contributed by atoms with Gasteiger partial charge in [0.1, 0.15) is 0 Å². The zero-order chi connectivity index (χ0) is 12.3. The predicted molar refractivity (Wildman–Crippen MR) is 68.8 cm³/mol. The van der Waals surface area contributed by atoms with Crippen LogP contribution in [0.15, 0.2) is 24.3 Å². The van der Waals surface area contributed by atoms with E-state index in [1.807, 2.05) is 24.3 Å². The Morgan fingerprint density at radius 1 is 1.53 bits per heavy atom. The number of carbonyl (C=O) groups excluding carboxylic acids is 1. The van der Waals surface area contributed by atoms with Crippen molar-refractivity contribution in [3.8, 4) is 0 Å². The molecule has 17 heavy (non-hydrogen) atoms. The second-order valence-corrected chi connectivity index (χ2v) is 5.03. The summed E-state index contributed by atoms with van der Waals surface area (Å²) >= 11 is 5.89. The van der Waals surface area contributed by atoms with E-state index in [0.29, 0.717) is 17.5 Å². The first-order valence-electron chi connectivity index (χ1n) is 5.89. The number of benzene rings is 1. The molecule has 1 aliphatic rings. The van der Waals surface area contributed by atoms with Crippen molar-refractivity contribution in [2.45, 2.75) is 13.5 Å². The van der Waals surface area contributed by atoms with Gasteiger partial charge in [-0.2, -0.15) is 0 Å². The monoisotopic (exact) mass is 252 g/mol. The van der Waals surface area contributed by atoms with E-state index in [0.717, 1.165) is 18.7 Å². The molecule has 0 spiro atoms. The molecule has 1 heterocycles. The fraction of sp³-hybridized carbons (Fsp3) is 0.462. The van der Waals surface area contributed by atoms with Crippen molar-refractivity contribution in [3.05, 3.63) is 34.9 Å². The lowest BCUT2D eigenvalue weighted by atomic mass is 9.97. The maximum atomic E-state index is 11.9. The van der Waals surface area contributed by atoms with Crippen LogP contribution < -0.4 is 10.6 Å². The summed E-state index contributed by atoms with van der Waals surface area (Å²) in [5.74, 6) is 0.631.